The maximum absolute atomic E-state index is 13.3. The van der Waals surface area contributed by atoms with E-state index in [2.05, 4.69) is 20.3 Å². The zero-order chi connectivity index (χ0) is 18.8. The Morgan fingerprint density at radius 1 is 1.04 bits per heavy atom. The molecule has 5 nitrogen and oxygen atoms in total. The summed E-state index contributed by atoms with van der Waals surface area (Å²) in [5.41, 5.74) is 4.26. The molecule has 4 rings (SSSR count). The van der Waals surface area contributed by atoms with Crippen molar-refractivity contribution >= 4 is 22.5 Å². The number of halogens is 1. The van der Waals surface area contributed by atoms with Crippen LogP contribution in [-0.4, -0.2) is 20.9 Å². The normalized spacial score (nSPS) is 10.7. The minimum Gasteiger partial charge on any atom is -0.320 e. The highest BCUT2D eigenvalue weighted by molar-refractivity contribution is 6.03. The third kappa shape index (κ3) is 3.50. The number of aryl methyl sites for hydroxylation is 1. The lowest BCUT2D eigenvalue weighted by molar-refractivity contribution is 0.102. The summed E-state index contributed by atoms with van der Waals surface area (Å²) < 4.78 is 13.3. The van der Waals surface area contributed by atoms with Gasteiger partial charge in [-0.25, -0.2) is 14.4 Å². The molecule has 0 spiro atoms. The van der Waals surface area contributed by atoms with Gasteiger partial charge in [-0.2, -0.15) is 0 Å². The molecular weight excluding hydrogens is 343 g/mol. The fraction of sp³-hybridized carbons (Fsp3) is 0.0476. The molecule has 2 aromatic heterocycles. The zero-order valence-corrected chi connectivity index (χ0v) is 14.5. The van der Waals surface area contributed by atoms with Gasteiger partial charge >= 0.3 is 0 Å². The monoisotopic (exact) mass is 358 g/mol. The molecule has 0 aliphatic rings. The fourth-order valence-corrected chi connectivity index (χ4v) is 2.82. The number of aromatic nitrogens is 3. The number of hydrogen-bond donors (Lipinski definition) is 1. The number of carbonyl (C=O) groups excluding carboxylic acids is 1. The first-order valence-corrected chi connectivity index (χ1v) is 8.35. The molecule has 0 unspecified atom stereocenters. The number of nitrogens with one attached hydrogen (secondary N) is 1. The van der Waals surface area contributed by atoms with Gasteiger partial charge in [0.25, 0.3) is 5.91 Å². The van der Waals surface area contributed by atoms with Gasteiger partial charge in [-0.15, -0.1) is 0 Å². The van der Waals surface area contributed by atoms with Gasteiger partial charge in [0.1, 0.15) is 11.5 Å². The van der Waals surface area contributed by atoms with Crippen molar-refractivity contribution in [3.8, 4) is 11.3 Å². The highest BCUT2D eigenvalue weighted by atomic mass is 19.1. The van der Waals surface area contributed by atoms with Gasteiger partial charge in [0.2, 0.25) is 0 Å². The van der Waals surface area contributed by atoms with Crippen molar-refractivity contribution in [2.45, 2.75) is 6.92 Å². The van der Waals surface area contributed by atoms with E-state index in [1.54, 1.807) is 6.07 Å². The Labute approximate surface area is 154 Å². The average molecular weight is 358 g/mol. The number of anilines is 1. The predicted molar refractivity (Wildman–Crippen MR) is 102 cm³/mol. The lowest BCUT2D eigenvalue weighted by atomic mass is 10.1. The third-order valence-corrected chi connectivity index (χ3v) is 4.22. The summed E-state index contributed by atoms with van der Waals surface area (Å²) in [6.45, 7) is 1.91. The first-order chi connectivity index (χ1) is 13.1. The topological polar surface area (TPSA) is 67.8 Å². The standard InChI is InChI=1S/C21H15FN4O/c1-13-10-14(18-6-3-15-11-16(22)4-7-19(15)25-18)2-5-17(13)26-21(27)20-12-23-8-9-24-20/h2-12H,1H3,(H,26,27). The van der Waals surface area contributed by atoms with Crippen LogP contribution in [0.1, 0.15) is 16.1 Å². The number of fused-ring (bicyclic) bond motifs is 1. The van der Waals surface area contributed by atoms with Crippen LogP contribution in [0.4, 0.5) is 10.1 Å². The van der Waals surface area contributed by atoms with Gasteiger partial charge in [0.05, 0.1) is 17.4 Å². The molecule has 2 aromatic carbocycles. The Balaban J connectivity index is 1.62. The van der Waals surface area contributed by atoms with E-state index in [0.29, 0.717) is 5.69 Å². The van der Waals surface area contributed by atoms with E-state index in [4.69, 9.17) is 0 Å². The molecule has 0 bridgehead atoms. The van der Waals surface area contributed by atoms with Crippen molar-refractivity contribution in [2.24, 2.45) is 0 Å². The molecule has 2 heterocycles. The summed E-state index contributed by atoms with van der Waals surface area (Å²) in [5, 5.41) is 3.59. The number of hydrogen-bond acceptors (Lipinski definition) is 4. The van der Waals surface area contributed by atoms with Gasteiger partial charge < -0.3 is 5.32 Å². The molecule has 0 fully saturated rings. The van der Waals surface area contributed by atoms with Crippen molar-refractivity contribution in [3.63, 3.8) is 0 Å². The Kier molecular flexibility index (Phi) is 4.30. The number of benzene rings is 2. The maximum atomic E-state index is 13.3. The highest BCUT2D eigenvalue weighted by Gasteiger charge is 2.10. The average Bonchev–Trinajstić information content (AvgIpc) is 2.69. The summed E-state index contributed by atoms with van der Waals surface area (Å²) in [6.07, 6.45) is 4.41. The van der Waals surface area contributed by atoms with E-state index in [0.717, 1.165) is 27.7 Å². The van der Waals surface area contributed by atoms with Crippen LogP contribution in [0.2, 0.25) is 0 Å². The Hall–Kier alpha value is -3.67. The van der Waals surface area contributed by atoms with Crippen LogP contribution in [0.25, 0.3) is 22.2 Å². The predicted octanol–water partition coefficient (Wildman–Crippen LogP) is 4.39. The van der Waals surface area contributed by atoms with Crippen molar-refractivity contribution in [3.05, 3.63) is 84.2 Å². The lowest BCUT2D eigenvalue weighted by Gasteiger charge is -2.10. The van der Waals surface area contributed by atoms with Gasteiger partial charge in [0.15, 0.2) is 0 Å². The Morgan fingerprint density at radius 2 is 1.93 bits per heavy atom. The number of rotatable bonds is 3. The fourth-order valence-electron chi connectivity index (χ4n) is 2.82. The molecule has 0 aliphatic heterocycles. The molecule has 1 N–H and O–H groups in total. The molecule has 1 amide bonds. The van der Waals surface area contributed by atoms with Crippen molar-refractivity contribution in [1.29, 1.82) is 0 Å². The Morgan fingerprint density at radius 3 is 2.70 bits per heavy atom. The van der Waals surface area contributed by atoms with E-state index < -0.39 is 0 Å². The van der Waals surface area contributed by atoms with Crippen LogP contribution in [0.3, 0.4) is 0 Å². The second kappa shape index (κ2) is 6.92. The number of pyridine rings is 1. The summed E-state index contributed by atoms with van der Waals surface area (Å²) in [4.78, 5) is 24.7. The molecule has 6 heteroatoms. The molecule has 27 heavy (non-hydrogen) atoms. The van der Waals surface area contributed by atoms with E-state index in [-0.39, 0.29) is 17.4 Å². The molecular formula is C21H15FN4O. The molecule has 132 valence electrons. The van der Waals surface area contributed by atoms with Gasteiger partial charge in [-0.1, -0.05) is 12.1 Å². The number of nitrogens with zero attached hydrogens (tertiary/aromatic N) is 3. The SMILES string of the molecule is Cc1cc(-c2ccc3cc(F)ccc3n2)ccc1NC(=O)c1cnccn1. The lowest BCUT2D eigenvalue weighted by Crippen LogP contribution is -2.14. The summed E-state index contributed by atoms with van der Waals surface area (Å²) in [5.74, 6) is -0.596. The van der Waals surface area contributed by atoms with Crippen molar-refractivity contribution in [1.82, 2.24) is 15.0 Å². The Bertz CT molecular complexity index is 1150. The van der Waals surface area contributed by atoms with Crippen LogP contribution < -0.4 is 5.32 Å². The molecule has 0 radical (unpaired) electrons. The number of amides is 1. The van der Waals surface area contributed by atoms with Gasteiger partial charge in [-0.05, 0) is 48.9 Å². The molecule has 0 saturated heterocycles. The van der Waals surface area contributed by atoms with Crippen LogP contribution in [-0.2, 0) is 0 Å². The second-order valence-corrected chi connectivity index (χ2v) is 6.11. The first-order valence-electron chi connectivity index (χ1n) is 8.35. The number of carbonyl (C=O) groups is 1. The molecule has 4 aromatic rings. The molecule has 0 atom stereocenters. The summed E-state index contributed by atoms with van der Waals surface area (Å²) >= 11 is 0. The molecule has 0 saturated carbocycles. The van der Waals surface area contributed by atoms with Gasteiger partial charge in [0, 0.05) is 29.0 Å². The summed E-state index contributed by atoms with van der Waals surface area (Å²) in [6, 6.07) is 13.9. The van der Waals surface area contributed by atoms with Crippen LogP contribution in [0, 0.1) is 12.7 Å². The van der Waals surface area contributed by atoms with E-state index in [1.807, 2.05) is 37.3 Å². The first kappa shape index (κ1) is 16.8. The van der Waals surface area contributed by atoms with E-state index in [1.165, 1.54) is 30.7 Å². The smallest absolute Gasteiger partial charge is 0.275 e. The van der Waals surface area contributed by atoms with Gasteiger partial charge in [-0.3, -0.25) is 9.78 Å². The quantitative estimate of drug-likeness (QED) is 0.590. The van der Waals surface area contributed by atoms with Crippen LogP contribution in [0.5, 0.6) is 0 Å². The largest absolute Gasteiger partial charge is 0.320 e. The maximum Gasteiger partial charge on any atom is 0.275 e. The second-order valence-electron chi connectivity index (χ2n) is 6.11. The minimum absolute atomic E-state index is 0.254. The van der Waals surface area contributed by atoms with Crippen molar-refractivity contribution in [2.75, 3.05) is 5.32 Å². The van der Waals surface area contributed by atoms with Crippen LogP contribution in [0.15, 0.2) is 67.1 Å². The van der Waals surface area contributed by atoms with E-state index >= 15 is 0 Å². The minimum atomic E-state index is -0.315. The van der Waals surface area contributed by atoms with Crippen molar-refractivity contribution < 1.29 is 9.18 Å². The highest BCUT2D eigenvalue weighted by Crippen LogP contribution is 2.26. The third-order valence-electron chi connectivity index (χ3n) is 4.22. The van der Waals surface area contributed by atoms with Crippen LogP contribution >= 0.6 is 0 Å². The molecule has 0 aliphatic carbocycles. The summed E-state index contributed by atoms with van der Waals surface area (Å²) in [7, 11) is 0. The zero-order valence-electron chi connectivity index (χ0n) is 14.5. The van der Waals surface area contributed by atoms with E-state index in [9.17, 15) is 9.18 Å².